The number of nitrogens with two attached hydrogens (primary N) is 1. The fourth-order valence-electron chi connectivity index (χ4n) is 1.92. The predicted octanol–water partition coefficient (Wildman–Crippen LogP) is 2.88. The van der Waals surface area contributed by atoms with Crippen molar-refractivity contribution in [1.82, 2.24) is 5.43 Å². The van der Waals surface area contributed by atoms with Crippen molar-refractivity contribution in [2.24, 2.45) is 10.8 Å². The number of nitrogens with zero attached hydrogens (tertiary/aromatic N) is 1. The highest BCUT2D eigenvalue weighted by Gasteiger charge is 2.05. The second-order valence-corrected chi connectivity index (χ2v) is 4.34. The van der Waals surface area contributed by atoms with Gasteiger partial charge in [-0.05, 0) is 24.0 Å². The van der Waals surface area contributed by atoms with Gasteiger partial charge in [-0.15, -0.1) is 0 Å². The maximum Gasteiger partial charge on any atom is 0.138 e. The molecule has 1 aliphatic carbocycles. The molecular formula is C16H19N3. The lowest BCUT2D eigenvalue weighted by Crippen LogP contribution is -2.32. The van der Waals surface area contributed by atoms with E-state index < -0.39 is 0 Å². The number of amidine groups is 1. The van der Waals surface area contributed by atoms with Crippen molar-refractivity contribution < 1.29 is 0 Å². The van der Waals surface area contributed by atoms with Gasteiger partial charge in [0.1, 0.15) is 5.84 Å². The molecule has 2 rings (SSSR count). The first-order valence-corrected chi connectivity index (χ1v) is 6.48. The molecule has 3 N–H and O–H groups in total. The van der Waals surface area contributed by atoms with E-state index in [0.29, 0.717) is 6.54 Å². The molecule has 0 amide bonds. The zero-order valence-electron chi connectivity index (χ0n) is 10.9. The lowest BCUT2D eigenvalue weighted by Gasteiger charge is -2.10. The molecule has 0 aliphatic heterocycles. The van der Waals surface area contributed by atoms with E-state index >= 15 is 0 Å². The second-order valence-electron chi connectivity index (χ2n) is 4.34. The van der Waals surface area contributed by atoms with Gasteiger partial charge >= 0.3 is 0 Å². The number of benzene rings is 1. The topological polar surface area (TPSA) is 50.4 Å². The average Bonchev–Trinajstić information content (AvgIpc) is 2.42. The molecule has 98 valence electrons. The zero-order chi connectivity index (χ0) is 13.3. The average molecular weight is 253 g/mol. The minimum absolute atomic E-state index is 0.636. The smallest absolute Gasteiger partial charge is 0.138 e. The maximum absolute atomic E-state index is 5.59. The molecule has 0 saturated heterocycles. The summed E-state index contributed by atoms with van der Waals surface area (Å²) in [7, 11) is 0. The van der Waals surface area contributed by atoms with Gasteiger partial charge in [0.25, 0.3) is 0 Å². The van der Waals surface area contributed by atoms with E-state index in [4.69, 9.17) is 5.84 Å². The summed E-state index contributed by atoms with van der Waals surface area (Å²) in [6.45, 7) is 0.636. The Morgan fingerprint density at radius 3 is 2.79 bits per heavy atom. The van der Waals surface area contributed by atoms with Gasteiger partial charge in [0.05, 0.1) is 6.54 Å². The summed E-state index contributed by atoms with van der Waals surface area (Å²) in [4.78, 5) is 4.56. The molecule has 0 unspecified atom stereocenters. The van der Waals surface area contributed by atoms with Crippen LogP contribution in [0.15, 0.2) is 71.3 Å². The number of aliphatic imine (C=N–C) groups is 1. The van der Waals surface area contributed by atoms with Crippen LogP contribution in [-0.2, 0) is 6.54 Å². The van der Waals surface area contributed by atoms with Crippen molar-refractivity contribution in [2.45, 2.75) is 19.4 Å². The Morgan fingerprint density at radius 1 is 1.16 bits per heavy atom. The Morgan fingerprint density at radius 2 is 2.00 bits per heavy atom. The fourth-order valence-corrected chi connectivity index (χ4v) is 1.92. The lowest BCUT2D eigenvalue weighted by molar-refractivity contribution is 0.932. The zero-order valence-corrected chi connectivity index (χ0v) is 10.9. The van der Waals surface area contributed by atoms with E-state index in [-0.39, 0.29) is 0 Å². The number of hydrogen-bond donors (Lipinski definition) is 2. The van der Waals surface area contributed by atoms with Crippen LogP contribution in [0.4, 0.5) is 0 Å². The van der Waals surface area contributed by atoms with Gasteiger partial charge in [0.15, 0.2) is 0 Å². The van der Waals surface area contributed by atoms with E-state index in [2.05, 4.69) is 40.8 Å². The van der Waals surface area contributed by atoms with Gasteiger partial charge in [0.2, 0.25) is 0 Å². The Bertz CT molecular complexity index is 510. The molecule has 0 bridgehead atoms. The van der Waals surface area contributed by atoms with Crippen LogP contribution in [0.5, 0.6) is 0 Å². The highest BCUT2D eigenvalue weighted by Crippen LogP contribution is 2.11. The molecule has 0 radical (unpaired) electrons. The number of hydrazine groups is 1. The van der Waals surface area contributed by atoms with E-state index in [0.717, 1.165) is 24.3 Å². The monoisotopic (exact) mass is 253 g/mol. The summed E-state index contributed by atoms with van der Waals surface area (Å²) in [5.41, 5.74) is 5.03. The van der Waals surface area contributed by atoms with Crippen molar-refractivity contribution in [3.63, 3.8) is 0 Å². The summed E-state index contributed by atoms with van der Waals surface area (Å²) in [6.07, 6.45) is 12.2. The lowest BCUT2D eigenvalue weighted by atomic mass is 10.1. The van der Waals surface area contributed by atoms with Gasteiger partial charge in [0, 0.05) is 0 Å². The minimum Gasteiger partial charge on any atom is -0.309 e. The van der Waals surface area contributed by atoms with Gasteiger partial charge in [-0.1, -0.05) is 60.7 Å². The van der Waals surface area contributed by atoms with Crippen LogP contribution in [0, 0.1) is 0 Å². The summed E-state index contributed by atoms with van der Waals surface area (Å²) >= 11 is 0. The third kappa shape index (κ3) is 4.23. The third-order valence-electron chi connectivity index (χ3n) is 2.94. The summed E-state index contributed by atoms with van der Waals surface area (Å²) in [5, 5.41) is 0. The highest BCUT2D eigenvalue weighted by molar-refractivity contribution is 5.98. The second kappa shape index (κ2) is 7.34. The Kier molecular flexibility index (Phi) is 5.14. The van der Waals surface area contributed by atoms with Gasteiger partial charge in [-0.2, -0.15) is 0 Å². The standard InChI is InChI=1S/C16H19N3/c17-19-16(15-11-7-2-1-3-8-12-15)18-13-14-9-5-4-6-10-14/h1-7,9-11H,8,12-13,17H2,(H,18,19)/b3-1-,7-2-,15-11+. The van der Waals surface area contributed by atoms with E-state index in [1.54, 1.807) is 0 Å². The van der Waals surface area contributed by atoms with E-state index in [1.165, 1.54) is 5.56 Å². The molecule has 0 spiro atoms. The molecule has 1 aromatic carbocycles. The molecule has 0 aromatic heterocycles. The van der Waals surface area contributed by atoms with Gasteiger partial charge in [-0.25, -0.2) is 5.84 Å². The third-order valence-corrected chi connectivity index (χ3v) is 2.94. The predicted molar refractivity (Wildman–Crippen MR) is 80.5 cm³/mol. The van der Waals surface area contributed by atoms with Crippen molar-refractivity contribution in [3.8, 4) is 0 Å². The molecule has 0 fully saturated rings. The molecule has 0 atom stereocenters. The Balaban J connectivity index is 2.10. The van der Waals surface area contributed by atoms with Crippen LogP contribution in [-0.4, -0.2) is 5.84 Å². The van der Waals surface area contributed by atoms with Crippen LogP contribution in [0.1, 0.15) is 18.4 Å². The van der Waals surface area contributed by atoms with Crippen molar-refractivity contribution >= 4 is 5.84 Å². The van der Waals surface area contributed by atoms with E-state index in [1.807, 2.05) is 30.4 Å². The largest absolute Gasteiger partial charge is 0.309 e. The molecule has 1 aromatic rings. The number of hydrogen-bond acceptors (Lipinski definition) is 2. The molecule has 3 heteroatoms. The quantitative estimate of drug-likeness (QED) is 0.376. The number of allylic oxidation sites excluding steroid dienone is 5. The fraction of sp³-hybridized carbons (Fsp3) is 0.188. The first kappa shape index (κ1) is 13.3. The molecule has 1 aliphatic rings. The molecule has 0 heterocycles. The molecule has 3 nitrogen and oxygen atoms in total. The summed E-state index contributed by atoms with van der Waals surface area (Å²) in [5.74, 6) is 6.36. The summed E-state index contributed by atoms with van der Waals surface area (Å²) in [6, 6.07) is 10.2. The number of rotatable bonds is 3. The van der Waals surface area contributed by atoms with Crippen LogP contribution in [0.25, 0.3) is 0 Å². The van der Waals surface area contributed by atoms with Crippen LogP contribution < -0.4 is 11.3 Å². The minimum atomic E-state index is 0.636. The first-order chi connectivity index (χ1) is 9.40. The van der Waals surface area contributed by atoms with Crippen molar-refractivity contribution in [3.05, 3.63) is 71.8 Å². The molecule has 19 heavy (non-hydrogen) atoms. The van der Waals surface area contributed by atoms with Gasteiger partial charge in [-0.3, -0.25) is 4.99 Å². The first-order valence-electron chi connectivity index (χ1n) is 6.48. The van der Waals surface area contributed by atoms with Crippen molar-refractivity contribution in [2.75, 3.05) is 0 Å². The van der Waals surface area contributed by atoms with Crippen molar-refractivity contribution in [1.29, 1.82) is 0 Å². The van der Waals surface area contributed by atoms with E-state index in [9.17, 15) is 0 Å². The van der Waals surface area contributed by atoms with Crippen LogP contribution in [0.2, 0.25) is 0 Å². The SMILES string of the molecule is NNC(=NCc1ccccc1)/C1=C/C=C\C=C/CC1. The number of nitrogens with one attached hydrogen (secondary N) is 1. The highest BCUT2D eigenvalue weighted by atomic mass is 15.2. The Labute approximate surface area is 114 Å². The van der Waals surface area contributed by atoms with Gasteiger partial charge < -0.3 is 5.43 Å². The Hall–Kier alpha value is -2.13. The normalized spacial score (nSPS) is 21.7. The van der Waals surface area contributed by atoms with Crippen LogP contribution >= 0.6 is 0 Å². The summed E-state index contributed by atoms with van der Waals surface area (Å²) < 4.78 is 0. The molecule has 0 saturated carbocycles. The molecular weight excluding hydrogens is 234 g/mol. The maximum atomic E-state index is 5.59. The van der Waals surface area contributed by atoms with Crippen LogP contribution in [0.3, 0.4) is 0 Å².